The van der Waals surface area contributed by atoms with Gasteiger partial charge in [0.1, 0.15) is 5.82 Å². The minimum Gasteiger partial charge on any atom is -0.308 e. The van der Waals surface area contributed by atoms with E-state index in [0.29, 0.717) is 23.9 Å². The van der Waals surface area contributed by atoms with E-state index in [1.807, 2.05) is 24.3 Å². The number of halogens is 4. The molecule has 0 radical (unpaired) electrons. The minimum absolute atomic E-state index is 0.399. The van der Waals surface area contributed by atoms with Crippen LogP contribution in [-0.2, 0) is 6.18 Å². The van der Waals surface area contributed by atoms with Crippen LogP contribution in [0.1, 0.15) is 5.56 Å². The molecule has 4 aromatic rings. The number of nitrogens with one attached hydrogen (secondary N) is 2. The molecule has 1 heterocycles. The van der Waals surface area contributed by atoms with Crippen LogP contribution in [-0.4, -0.2) is 11.0 Å². The largest absolute Gasteiger partial charge is 0.416 e. The number of rotatable bonds is 3. The van der Waals surface area contributed by atoms with Crippen LogP contribution in [0.2, 0.25) is 0 Å². The summed E-state index contributed by atoms with van der Waals surface area (Å²) in [6.07, 6.45) is -1.17. The second kappa shape index (κ2) is 8.06. The highest BCUT2D eigenvalue weighted by Gasteiger charge is 2.31. The van der Waals surface area contributed by atoms with Crippen LogP contribution in [0.15, 0.2) is 79.1 Å². The van der Waals surface area contributed by atoms with Gasteiger partial charge in [-0.25, -0.2) is 9.18 Å². The molecule has 31 heavy (non-hydrogen) atoms. The average Bonchev–Trinajstić information content (AvgIpc) is 2.75. The SMILES string of the molecule is O=C(Nc1ccc(-c2cccc3cnccc23)cc1)Nc1cc(C(F)(F)F)ccc1F. The van der Waals surface area contributed by atoms with Gasteiger partial charge in [-0.1, -0.05) is 30.3 Å². The molecule has 0 aliphatic rings. The fraction of sp³-hybridized carbons (Fsp3) is 0.0435. The number of fused-ring (bicyclic) bond motifs is 1. The molecule has 4 nitrogen and oxygen atoms in total. The molecule has 0 aliphatic heterocycles. The van der Waals surface area contributed by atoms with Crippen LogP contribution < -0.4 is 10.6 Å². The van der Waals surface area contributed by atoms with E-state index in [4.69, 9.17) is 0 Å². The standard InChI is InChI=1S/C23H15F4N3O/c24-20-9-6-16(23(25,26)27)12-21(20)30-22(31)29-17-7-4-14(5-8-17)18-3-1-2-15-13-28-11-10-19(15)18/h1-13H,(H2,29,30,31). The van der Waals surface area contributed by atoms with Gasteiger partial charge in [0.25, 0.3) is 0 Å². The number of urea groups is 1. The lowest BCUT2D eigenvalue weighted by Crippen LogP contribution is -2.20. The monoisotopic (exact) mass is 425 g/mol. The summed E-state index contributed by atoms with van der Waals surface area (Å²) >= 11 is 0. The average molecular weight is 425 g/mol. The first-order chi connectivity index (χ1) is 14.8. The molecule has 3 aromatic carbocycles. The molecule has 2 N–H and O–H groups in total. The fourth-order valence-corrected chi connectivity index (χ4v) is 3.19. The van der Waals surface area contributed by atoms with E-state index in [-0.39, 0.29) is 0 Å². The summed E-state index contributed by atoms with van der Waals surface area (Å²) < 4.78 is 52.2. The molecule has 0 bridgehead atoms. The van der Waals surface area contributed by atoms with Gasteiger partial charge in [0.15, 0.2) is 0 Å². The van der Waals surface area contributed by atoms with Gasteiger partial charge in [0.05, 0.1) is 11.3 Å². The Labute approximate surface area is 174 Å². The summed E-state index contributed by atoms with van der Waals surface area (Å²) in [6.45, 7) is 0. The Balaban J connectivity index is 1.50. The maximum atomic E-state index is 13.8. The Hall–Kier alpha value is -3.94. The van der Waals surface area contributed by atoms with Crippen molar-refractivity contribution in [3.63, 3.8) is 0 Å². The first-order valence-corrected chi connectivity index (χ1v) is 9.19. The second-order valence-corrected chi connectivity index (χ2v) is 6.75. The van der Waals surface area contributed by atoms with E-state index in [9.17, 15) is 22.4 Å². The molecule has 156 valence electrons. The summed E-state index contributed by atoms with van der Waals surface area (Å²) in [5.41, 5.74) is 0.677. The van der Waals surface area contributed by atoms with Gasteiger partial charge >= 0.3 is 12.2 Å². The van der Waals surface area contributed by atoms with Crippen LogP contribution in [0, 0.1) is 5.82 Å². The van der Waals surface area contributed by atoms with E-state index < -0.39 is 29.3 Å². The molecule has 4 rings (SSSR count). The number of amides is 2. The van der Waals surface area contributed by atoms with Crippen molar-refractivity contribution in [2.45, 2.75) is 6.18 Å². The lowest BCUT2D eigenvalue weighted by atomic mass is 9.99. The number of nitrogens with zero attached hydrogens (tertiary/aromatic N) is 1. The molecule has 0 fully saturated rings. The third-order valence-electron chi connectivity index (χ3n) is 4.68. The number of carbonyl (C=O) groups is 1. The van der Waals surface area contributed by atoms with Crippen LogP contribution in [0.3, 0.4) is 0 Å². The molecule has 0 saturated heterocycles. The Bertz CT molecular complexity index is 1250. The highest BCUT2D eigenvalue weighted by molar-refractivity contribution is 6.00. The Morgan fingerprint density at radius 2 is 1.68 bits per heavy atom. The molecule has 0 unspecified atom stereocenters. The highest BCUT2D eigenvalue weighted by Crippen LogP contribution is 2.32. The highest BCUT2D eigenvalue weighted by atomic mass is 19.4. The van der Waals surface area contributed by atoms with Crippen molar-refractivity contribution in [3.05, 3.63) is 90.5 Å². The molecule has 0 saturated carbocycles. The summed E-state index contributed by atoms with van der Waals surface area (Å²) in [4.78, 5) is 16.3. The zero-order chi connectivity index (χ0) is 22.0. The quantitative estimate of drug-likeness (QED) is 0.359. The Morgan fingerprint density at radius 3 is 2.42 bits per heavy atom. The molecule has 2 amide bonds. The summed E-state index contributed by atoms with van der Waals surface area (Å²) in [5, 5.41) is 6.61. The second-order valence-electron chi connectivity index (χ2n) is 6.75. The topological polar surface area (TPSA) is 54.0 Å². The maximum absolute atomic E-state index is 13.8. The van der Waals surface area contributed by atoms with Crippen molar-refractivity contribution in [1.29, 1.82) is 0 Å². The normalized spacial score (nSPS) is 11.4. The van der Waals surface area contributed by atoms with E-state index in [2.05, 4.69) is 15.6 Å². The summed E-state index contributed by atoms with van der Waals surface area (Å²) in [6, 6.07) is 15.6. The van der Waals surface area contributed by atoms with Gasteiger partial charge in [-0.15, -0.1) is 0 Å². The lowest BCUT2D eigenvalue weighted by molar-refractivity contribution is -0.137. The van der Waals surface area contributed by atoms with Crippen LogP contribution in [0.5, 0.6) is 0 Å². The first kappa shape index (κ1) is 20.3. The number of carbonyl (C=O) groups excluding carboxylic acids is 1. The van der Waals surface area contributed by atoms with Crippen molar-refractivity contribution in [2.75, 3.05) is 10.6 Å². The molecule has 0 atom stereocenters. The predicted octanol–water partition coefficient (Wildman–Crippen LogP) is 6.70. The van der Waals surface area contributed by atoms with Crippen molar-refractivity contribution < 1.29 is 22.4 Å². The van der Waals surface area contributed by atoms with Gasteiger partial charge in [-0.05, 0) is 52.9 Å². The van der Waals surface area contributed by atoms with E-state index in [1.165, 1.54) is 0 Å². The van der Waals surface area contributed by atoms with E-state index in [0.717, 1.165) is 21.9 Å². The summed E-state index contributed by atoms with van der Waals surface area (Å²) in [5.74, 6) is -0.969. The van der Waals surface area contributed by atoms with Crippen LogP contribution >= 0.6 is 0 Å². The zero-order valence-electron chi connectivity index (χ0n) is 15.9. The number of benzene rings is 3. The number of aromatic nitrogens is 1. The minimum atomic E-state index is -4.64. The number of anilines is 2. The molecule has 1 aromatic heterocycles. The third-order valence-corrected chi connectivity index (χ3v) is 4.68. The van der Waals surface area contributed by atoms with Gasteiger partial charge in [0.2, 0.25) is 0 Å². The molecule has 0 spiro atoms. The summed E-state index contributed by atoms with van der Waals surface area (Å²) in [7, 11) is 0. The number of alkyl halides is 3. The van der Waals surface area contributed by atoms with Crippen molar-refractivity contribution >= 4 is 28.2 Å². The molecule has 0 aliphatic carbocycles. The van der Waals surface area contributed by atoms with Crippen LogP contribution in [0.4, 0.5) is 33.7 Å². The number of hydrogen-bond acceptors (Lipinski definition) is 2. The van der Waals surface area contributed by atoms with E-state index >= 15 is 0 Å². The smallest absolute Gasteiger partial charge is 0.308 e. The number of pyridine rings is 1. The molecule has 8 heteroatoms. The third kappa shape index (κ3) is 4.48. The number of hydrogen-bond donors (Lipinski definition) is 2. The molecular formula is C23H15F4N3O. The van der Waals surface area contributed by atoms with Crippen molar-refractivity contribution in [1.82, 2.24) is 4.98 Å². The van der Waals surface area contributed by atoms with Gasteiger partial charge in [0, 0.05) is 23.5 Å². The van der Waals surface area contributed by atoms with Crippen molar-refractivity contribution in [2.24, 2.45) is 0 Å². The van der Waals surface area contributed by atoms with Crippen LogP contribution in [0.25, 0.3) is 21.9 Å². The van der Waals surface area contributed by atoms with E-state index in [1.54, 1.807) is 36.7 Å². The Kier molecular flexibility index (Phi) is 5.29. The fourth-order valence-electron chi connectivity index (χ4n) is 3.19. The Morgan fingerprint density at radius 1 is 0.903 bits per heavy atom. The van der Waals surface area contributed by atoms with Gasteiger partial charge < -0.3 is 10.6 Å². The lowest BCUT2D eigenvalue weighted by Gasteiger charge is -2.12. The predicted molar refractivity (Wildman–Crippen MR) is 111 cm³/mol. The first-order valence-electron chi connectivity index (χ1n) is 9.19. The molecular weight excluding hydrogens is 410 g/mol. The van der Waals surface area contributed by atoms with Gasteiger partial charge in [-0.2, -0.15) is 13.2 Å². The zero-order valence-corrected chi connectivity index (χ0v) is 15.9. The van der Waals surface area contributed by atoms with Gasteiger partial charge in [-0.3, -0.25) is 4.98 Å². The maximum Gasteiger partial charge on any atom is 0.416 e. The van der Waals surface area contributed by atoms with Crippen molar-refractivity contribution in [3.8, 4) is 11.1 Å².